The molecule has 216 valence electrons. The highest BCUT2D eigenvalue weighted by Gasteiger charge is 2.34. The maximum Gasteiger partial charge on any atom is 0.335 e. The quantitative estimate of drug-likeness (QED) is 0.187. The summed E-state index contributed by atoms with van der Waals surface area (Å²) >= 11 is 0. The molecule has 0 radical (unpaired) electrons. The molecule has 10 nitrogen and oxygen atoms in total. The third kappa shape index (κ3) is 12.9. The van der Waals surface area contributed by atoms with E-state index in [2.05, 4.69) is 0 Å². The molecule has 0 unspecified atom stereocenters. The zero-order valence-corrected chi connectivity index (χ0v) is 24.2. The molecule has 0 saturated carbocycles. The van der Waals surface area contributed by atoms with Gasteiger partial charge in [0.25, 0.3) is 0 Å². The van der Waals surface area contributed by atoms with Gasteiger partial charge >= 0.3 is 11.9 Å². The number of carbonyl (C=O) groups is 3. The Morgan fingerprint density at radius 2 is 1.59 bits per heavy atom. The third-order valence-electron chi connectivity index (χ3n) is 6.74. The average molecular weight is 531 g/mol. The van der Waals surface area contributed by atoms with Crippen molar-refractivity contribution >= 4 is 18.3 Å². The minimum absolute atomic E-state index is 0.0672. The van der Waals surface area contributed by atoms with Crippen molar-refractivity contribution in [3.8, 4) is 0 Å². The second-order valence-corrected chi connectivity index (χ2v) is 9.51. The van der Waals surface area contributed by atoms with Crippen molar-refractivity contribution < 1.29 is 38.1 Å². The average Bonchev–Trinajstić information content (AvgIpc) is 2.90. The molecule has 1 amide bonds. The van der Waals surface area contributed by atoms with Crippen molar-refractivity contribution in [2.45, 2.75) is 103 Å². The van der Waals surface area contributed by atoms with E-state index in [1.807, 2.05) is 26.8 Å². The number of rotatable bonds is 20. The first-order chi connectivity index (χ1) is 17.5. The lowest BCUT2D eigenvalue weighted by molar-refractivity contribution is -0.166. The van der Waals surface area contributed by atoms with Crippen molar-refractivity contribution in [3.63, 3.8) is 0 Å². The first kappa shape index (κ1) is 35.0. The second kappa shape index (κ2) is 19.1. The van der Waals surface area contributed by atoms with E-state index in [0.717, 1.165) is 0 Å². The molecule has 0 aromatic heterocycles. The van der Waals surface area contributed by atoms with Gasteiger partial charge in [0.1, 0.15) is 12.2 Å². The van der Waals surface area contributed by atoms with E-state index in [1.54, 1.807) is 41.3 Å². The van der Waals surface area contributed by atoms with Crippen LogP contribution in [0.3, 0.4) is 0 Å². The Morgan fingerprint density at radius 1 is 0.946 bits per heavy atom. The van der Waals surface area contributed by atoms with Crippen LogP contribution in [0.2, 0.25) is 0 Å². The topological polar surface area (TPSA) is 127 Å². The summed E-state index contributed by atoms with van der Waals surface area (Å²) in [6.07, 6.45) is 4.57. The number of hydrogen-bond acceptors (Lipinski definition) is 9. The summed E-state index contributed by atoms with van der Waals surface area (Å²) in [5, 5.41) is 0. The molecule has 0 fully saturated rings. The number of ether oxygens (including phenoxy) is 5. The summed E-state index contributed by atoms with van der Waals surface area (Å²) in [7, 11) is 6.30. The van der Waals surface area contributed by atoms with E-state index in [4.69, 9.17) is 29.4 Å². The van der Waals surface area contributed by atoms with Crippen LogP contribution in [0.1, 0.15) is 66.7 Å². The molecule has 0 aromatic rings. The van der Waals surface area contributed by atoms with Crippen LogP contribution in [-0.2, 0) is 38.1 Å². The monoisotopic (exact) mass is 530 g/mol. The maximum absolute atomic E-state index is 12.6. The Hall–Kier alpha value is -2.01. The Labute approximate surface area is 223 Å². The molecule has 0 rings (SSSR count). The third-order valence-corrected chi connectivity index (χ3v) is 6.74. The summed E-state index contributed by atoms with van der Waals surface area (Å²) in [6.45, 7) is 9.28. The van der Waals surface area contributed by atoms with Crippen LogP contribution < -0.4 is 5.73 Å². The molecule has 37 heavy (non-hydrogen) atoms. The lowest BCUT2D eigenvalue weighted by Gasteiger charge is -2.34. The molecular formula is C27H50N2O8. The smallest absolute Gasteiger partial charge is 0.335 e. The predicted octanol–water partition coefficient (Wildman–Crippen LogP) is 3.07. The van der Waals surface area contributed by atoms with Crippen LogP contribution in [-0.4, -0.2) is 88.2 Å². The Morgan fingerprint density at radius 3 is 2.08 bits per heavy atom. The summed E-state index contributed by atoms with van der Waals surface area (Å²) in [4.78, 5) is 36.7. The van der Waals surface area contributed by atoms with Gasteiger partial charge in [0.05, 0.1) is 12.2 Å². The van der Waals surface area contributed by atoms with Gasteiger partial charge in [-0.05, 0) is 26.2 Å². The van der Waals surface area contributed by atoms with E-state index in [1.165, 1.54) is 12.0 Å². The van der Waals surface area contributed by atoms with Gasteiger partial charge < -0.3 is 34.3 Å². The highest BCUT2D eigenvalue weighted by Crippen LogP contribution is 2.27. The van der Waals surface area contributed by atoms with Crippen molar-refractivity contribution in [3.05, 3.63) is 12.3 Å². The fraction of sp³-hybridized carbons (Fsp3) is 0.815. The standard InChI is InChI=1S/C27H50N2O8/c1-10-21(36-25(31)11-2)16-24(34-8)22(28)12-13-23(37-27(32)20(5)33-7)19(4)26(35-9)18(3)14-15-29(6)17-30/h14-15,17-24,26H,10-13,16,28H2,1-9H3/b15-14+/t18-,19+,20-,21-,22+,23-,24+,26-/m1/s1. The number of methoxy groups -OCH3 is 3. The van der Waals surface area contributed by atoms with Gasteiger partial charge in [-0.1, -0.05) is 33.8 Å². The van der Waals surface area contributed by atoms with E-state index >= 15 is 0 Å². The van der Waals surface area contributed by atoms with Crippen molar-refractivity contribution in [1.82, 2.24) is 4.90 Å². The van der Waals surface area contributed by atoms with Crippen LogP contribution >= 0.6 is 0 Å². The Kier molecular flexibility index (Phi) is 18.1. The Balaban J connectivity index is 5.59. The molecule has 0 saturated heterocycles. The van der Waals surface area contributed by atoms with E-state index in [0.29, 0.717) is 38.5 Å². The highest BCUT2D eigenvalue weighted by atomic mass is 16.6. The summed E-state index contributed by atoms with van der Waals surface area (Å²) in [5.41, 5.74) is 6.51. The van der Waals surface area contributed by atoms with Crippen LogP contribution in [0.4, 0.5) is 0 Å². The number of nitrogens with zero attached hydrogens (tertiary/aromatic N) is 1. The van der Waals surface area contributed by atoms with Gasteiger partial charge in [-0.15, -0.1) is 0 Å². The van der Waals surface area contributed by atoms with E-state index in [9.17, 15) is 14.4 Å². The molecule has 0 aliphatic carbocycles. The zero-order valence-electron chi connectivity index (χ0n) is 24.2. The van der Waals surface area contributed by atoms with Crippen LogP contribution in [0.15, 0.2) is 12.3 Å². The molecule has 2 N–H and O–H groups in total. The zero-order chi connectivity index (χ0) is 28.5. The minimum Gasteiger partial charge on any atom is -0.462 e. The molecule has 8 atom stereocenters. The van der Waals surface area contributed by atoms with Gasteiger partial charge in [-0.2, -0.15) is 0 Å². The highest BCUT2D eigenvalue weighted by molar-refractivity contribution is 5.74. The molecular weight excluding hydrogens is 480 g/mol. The molecule has 0 aromatic carbocycles. The Bertz CT molecular complexity index is 689. The lowest BCUT2D eigenvalue weighted by atomic mass is 9.85. The van der Waals surface area contributed by atoms with Gasteiger partial charge in [0.2, 0.25) is 6.41 Å². The predicted molar refractivity (Wildman–Crippen MR) is 142 cm³/mol. The van der Waals surface area contributed by atoms with Gasteiger partial charge in [0, 0.05) is 65.3 Å². The summed E-state index contributed by atoms with van der Waals surface area (Å²) in [6, 6.07) is -0.368. The fourth-order valence-electron chi connectivity index (χ4n) is 4.12. The van der Waals surface area contributed by atoms with Gasteiger partial charge in [-0.3, -0.25) is 9.59 Å². The van der Waals surface area contributed by atoms with Crippen molar-refractivity contribution in [2.24, 2.45) is 17.6 Å². The fourth-order valence-corrected chi connectivity index (χ4v) is 4.12. The number of nitrogens with two attached hydrogens (primary N) is 1. The van der Waals surface area contributed by atoms with E-state index in [-0.39, 0.29) is 42.2 Å². The van der Waals surface area contributed by atoms with Gasteiger partial charge in [-0.25, -0.2) is 4.79 Å². The van der Waals surface area contributed by atoms with Gasteiger partial charge in [0.15, 0.2) is 6.10 Å². The number of carbonyl (C=O) groups excluding carboxylic acids is 3. The van der Waals surface area contributed by atoms with Crippen LogP contribution in [0, 0.1) is 11.8 Å². The van der Waals surface area contributed by atoms with Crippen LogP contribution in [0.5, 0.6) is 0 Å². The van der Waals surface area contributed by atoms with Crippen molar-refractivity contribution in [2.75, 3.05) is 28.4 Å². The molecule has 0 aliphatic rings. The number of esters is 2. The maximum atomic E-state index is 12.6. The largest absolute Gasteiger partial charge is 0.462 e. The first-order valence-electron chi connectivity index (χ1n) is 13.1. The summed E-state index contributed by atoms with van der Waals surface area (Å²) in [5.74, 6) is -0.979. The molecule has 0 heterocycles. The second-order valence-electron chi connectivity index (χ2n) is 9.51. The minimum atomic E-state index is -0.715. The normalized spacial score (nSPS) is 18.2. The molecule has 0 bridgehead atoms. The molecule has 0 aliphatic heterocycles. The van der Waals surface area contributed by atoms with Crippen molar-refractivity contribution in [1.29, 1.82) is 0 Å². The number of amides is 1. The summed E-state index contributed by atoms with van der Waals surface area (Å²) < 4.78 is 28.0. The molecule has 0 spiro atoms. The van der Waals surface area contributed by atoms with Crippen LogP contribution in [0.25, 0.3) is 0 Å². The van der Waals surface area contributed by atoms with E-state index < -0.39 is 18.2 Å². The lowest BCUT2D eigenvalue weighted by Crippen LogP contribution is -2.43. The SMILES string of the molecule is CCC(=O)O[C@H](CC)C[C@H](OC)[C@@H](N)CC[C@@H](OC(=O)[C@@H](C)OC)[C@H](C)[C@H](OC)[C@H](C)/C=C/N(C)C=O. The first-order valence-corrected chi connectivity index (χ1v) is 13.1. The number of hydrogen-bond donors (Lipinski definition) is 1. The molecule has 10 heteroatoms.